The molecule has 0 radical (unpaired) electrons. The highest BCUT2D eigenvalue weighted by atomic mass is 32.2. The molecule has 1 aromatic rings. The summed E-state index contributed by atoms with van der Waals surface area (Å²) < 4.78 is 41.8. The van der Waals surface area contributed by atoms with Crippen molar-refractivity contribution in [3.63, 3.8) is 0 Å². The van der Waals surface area contributed by atoms with Crippen LogP contribution < -0.4 is 14.8 Å². The van der Waals surface area contributed by atoms with Gasteiger partial charge < -0.3 is 34.4 Å². The molecule has 6 rings (SSSR count). The molecular formula is C33H43N5O11S2. The van der Waals surface area contributed by atoms with E-state index in [1.807, 2.05) is 4.90 Å². The van der Waals surface area contributed by atoms with Crippen LogP contribution in [-0.4, -0.2) is 136 Å². The topological polar surface area (TPSA) is 202 Å². The van der Waals surface area contributed by atoms with Crippen molar-refractivity contribution in [2.75, 3.05) is 33.9 Å². The van der Waals surface area contributed by atoms with Gasteiger partial charge in [0, 0.05) is 13.1 Å². The minimum absolute atomic E-state index is 0.0470. The normalized spacial score (nSPS) is 31.6. The highest BCUT2D eigenvalue weighted by Gasteiger charge is 2.80. The molecule has 5 aliphatic heterocycles. The van der Waals surface area contributed by atoms with Crippen molar-refractivity contribution in [3.8, 4) is 11.5 Å². The molecule has 1 aromatic carbocycles. The molecule has 2 N–H and O–H groups in total. The Hall–Kier alpha value is -4.06. The van der Waals surface area contributed by atoms with E-state index in [1.165, 1.54) is 63.2 Å². The molecule has 0 spiro atoms. The van der Waals surface area contributed by atoms with E-state index in [1.54, 1.807) is 19.9 Å². The molecule has 0 saturated carbocycles. The second-order valence-corrected chi connectivity index (χ2v) is 18.8. The molecule has 0 bridgehead atoms. The lowest BCUT2D eigenvalue weighted by Gasteiger charge is -2.50. The molecular weight excluding hydrogens is 707 g/mol. The highest BCUT2D eigenvalue weighted by Crippen LogP contribution is 2.57. The SMILES string of the molecule is COc1cccc(OC)c1C(=O)N[C@@]1(C(=O)OCC2(/N=C/N3CCCCCC3)C(=O)N3[C@@H](C(=O)O)C(C)(C)S(=O)(=O)[C@@H]32)N2C(=O)C[C@H]2SC1(C)C. The van der Waals surface area contributed by atoms with E-state index < -0.39 is 83.6 Å². The summed E-state index contributed by atoms with van der Waals surface area (Å²) in [5.74, 6) is -4.54. The molecule has 5 fully saturated rings. The van der Waals surface area contributed by atoms with E-state index in [4.69, 9.17) is 14.2 Å². The van der Waals surface area contributed by atoms with Crippen molar-refractivity contribution >= 4 is 57.6 Å². The number of rotatable bonds is 10. The fourth-order valence-corrected chi connectivity index (χ4v) is 12.0. The van der Waals surface area contributed by atoms with Gasteiger partial charge in [0.25, 0.3) is 11.8 Å². The van der Waals surface area contributed by atoms with Crippen LogP contribution in [0.25, 0.3) is 0 Å². The molecule has 278 valence electrons. The number of carboxylic acids is 1. The molecule has 1 unspecified atom stereocenters. The first-order valence-electron chi connectivity index (χ1n) is 16.7. The number of carbonyl (C=O) groups excluding carboxylic acids is 4. The average molecular weight is 750 g/mol. The van der Waals surface area contributed by atoms with Crippen molar-refractivity contribution in [1.82, 2.24) is 20.0 Å². The summed E-state index contributed by atoms with van der Waals surface area (Å²) >= 11 is 1.27. The molecule has 5 aliphatic rings. The van der Waals surface area contributed by atoms with Crippen molar-refractivity contribution in [1.29, 1.82) is 0 Å². The number of hydrogen-bond acceptors (Lipinski definition) is 12. The van der Waals surface area contributed by atoms with Gasteiger partial charge in [0.15, 0.2) is 15.2 Å². The number of carbonyl (C=O) groups is 5. The van der Waals surface area contributed by atoms with Gasteiger partial charge in [-0.2, -0.15) is 0 Å². The molecule has 18 heteroatoms. The lowest BCUT2D eigenvalue weighted by molar-refractivity contribution is -0.182. The zero-order chi connectivity index (χ0) is 37.3. The van der Waals surface area contributed by atoms with Crippen LogP contribution in [0, 0.1) is 0 Å². The summed E-state index contributed by atoms with van der Waals surface area (Å²) in [6.07, 6.45) is 5.16. The minimum atomic E-state index is -4.42. The molecule has 51 heavy (non-hydrogen) atoms. The maximum absolute atomic E-state index is 14.7. The number of ether oxygens (including phenoxy) is 3. The van der Waals surface area contributed by atoms with Gasteiger partial charge in [-0.05, 0) is 52.7 Å². The standard InChI is InChI=1S/C33H43N5O11S2/c1-30(2)24(26(41)42)37-27(43)32(28(37)51(30,45)46,34-18-36-14-9-7-8-10-15-36)17-49-29(44)33(31(3,4)50-22-16-21(39)38(22)33)35-25(40)23-19(47-5)12-11-13-20(23)48-6/h11-13,18,22,24,28H,7-10,14-17H2,1-6H3,(H,35,40)(H,41,42)/b34-18+/t22-,24+,28-,32?,33+/m1/s1. The summed E-state index contributed by atoms with van der Waals surface area (Å²) in [6, 6.07) is 2.97. The second kappa shape index (κ2) is 12.6. The van der Waals surface area contributed by atoms with E-state index in [-0.39, 0.29) is 23.5 Å². The Bertz CT molecular complexity index is 1790. The average Bonchev–Trinajstić information content (AvgIpc) is 3.22. The van der Waals surface area contributed by atoms with Crippen molar-refractivity contribution < 1.29 is 51.7 Å². The molecule has 3 amide bonds. The second-order valence-electron chi connectivity index (χ2n) is 14.4. The Morgan fingerprint density at radius 1 is 1.04 bits per heavy atom. The fourth-order valence-electron chi connectivity index (χ4n) is 7.93. The maximum atomic E-state index is 14.7. The fraction of sp³-hybridized carbons (Fsp3) is 0.636. The number of nitrogens with one attached hydrogen (secondary N) is 1. The third kappa shape index (κ3) is 5.17. The first-order chi connectivity index (χ1) is 23.9. The maximum Gasteiger partial charge on any atom is 0.354 e. The quantitative estimate of drug-likeness (QED) is 0.150. The monoisotopic (exact) mass is 749 g/mol. The molecule has 16 nitrogen and oxygen atoms in total. The van der Waals surface area contributed by atoms with Crippen LogP contribution in [0.4, 0.5) is 0 Å². The minimum Gasteiger partial charge on any atom is -0.496 e. The van der Waals surface area contributed by atoms with E-state index in [9.17, 15) is 37.5 Å². The summed E-state index contributed by atoms with van der Waals surface area (Å²) in [4.78, 5) is 76.9. The highest BCUT2D eigenvalue weighted by molar-refractivity contribution is 8.01. The number of carboxylic acid groups (broad SMARTS) is 1. The summed E-state index contributed by atoms with van der Waals surface area (Å²) in [5, 5.41) is 10.6. The van der Waals surface area contributed by atoms with Crippen molar-refractivity contribution in [3.05, 3.63) is 23.8 Å². The zero-order valence-electron chi connectivity index (χ0n) is 29.3. The zero-order valence-corrected chi connectivity index (χ0v) is 31.0. The van der Waals surface area contributed by atoms with E-state index in [0.717, 1.165) is 30.6 Å². The summed E-state index contributed by atoms with van der Waals surface area (Å²) in [7, 11) is -1.70. The Balaban J connectivity index is 1.41. The van der Waals surface area contributed by atoms with Crippen LogP contribution in [0.1, 0.15) is 70.2 Å². The number of sulfone groups is 1. The predicted octanol–water partition coefficient (Wildman–Crippen LogP) is 1.23. The predicted molar refractivity (Wildman–Crippen MR) is 184 cm³/mol. The molecule has 5 saturated heterocycles. The Kier molecular flexibility index (Phi) is 9.05. The number of hydrogen-bond donors (Lipinski definition) is 2. The van der Waals surface area contributed by atoms with Gasteiger partial charge in [0.05, 0.1) is 37.1 Å². The number of β-lactam (4-membered cyclic amide) rings is 2. The van der Waals surface area contributed by atoms with E-state index >= 15 is 0 Å². The van der Waals surface area contributed by atoms with Gasteiger partial charge in [-0.25, -0.2) is 18.0 Å². The van der Waals surface area contributed by atoms with E-state index in [0.29, 0.717) is 13.1 Å². The van der Waals surface area contributed by atoms with Crippen LogP contribution in [0.15, 0.2) is 23.2 Å². The van der Waals surface area contributed by atoms with Crippen LogP contribution in [0.2, 0.25) is 0 Å². The van der Waals surface area contributed by atoms with Crippen LogP contribution >= 0.6 is 11.8 Å². The number of nitrogens with zero attached hydrogens (tertiary/aromatic N) is 4. The lowest BCUT2D eigenvalue weighted by atomic mass is 9.85. The van der Waals surface area contributed by atoms with Gasteiger partial charge in [-0.3, -0.25) is 24.3 Å². The Morgan fingerprint density at radius 2 is 1.65 bits per heavy atom. The smallest absolute Gasteiger partial charge is 0.354 e. The van der Waals surface area contributed by atoms with Crippen molar-refractivity contribution in [2.45, 2.75) is 97.3 Å². The van der Waals surface area contributed by atoms with E-state index in [2.05, 4.69) is 10.3 Å². The number of methoxy groups -OCH3 is 2. The number of fused-ring (bicyclic) bond motifs is 2. The van der Waals surface area contributed by atoms with Gasteiger partial charge in [0.1, 0.15) is 34.5 Å². The van der Waals surface area contributed by atoms with Gasteiger partial charge in [0.2, 0.25) is 17.1 Å². The first kappa shape index (κ1) is 36.7. The number of likely N-dealkylation sites (tertiary alicyclic amines) is 1. The Morgan fingerprint density at radius 3 is 2.20 bits per heavy atom. The number of benzene rings is 1. The lowest BCUT2D eigenvalue weighted by Crippen LogP contribution is -2.78. The third-order valence-electron chi connectivity index (χ3n) is 10.8. The molecule has 0 aromatic heterocycles. The largest absolute Gasteiger partial charge is 0.496 e. The first-order valence-corrected chi connectivity index (χ1v) is 19.1. The summed E-state index contributed by atoms with van der Waals surface area (Å²) in [5.41, 5.74) is -4.41. The summed E-state index contributed by atoms with van der Waals surface area (Å²) in [6.45, 7) is 6.11. The van der Waals surface area contributed by atoms with Gasteiger partial charge in [-0.1, -0.05) is 18.9 Å². The molecule has 0 aliphatic carbocycles. The number of esters is 1. The van der Waals surface area contributed by atoms with Gasteiger partial charge in [-0.15, -0.1) is 11.8 Å². The number of amides is 3. The third-order valence-corrected chi connectivity index (χ3v) is 15.2. The van der Waals surface area contributed by atoms with Crippen LogP contribution in [0.5, 0.6) is 11.5 Å². The van der Waals surface area contributed by atoms with Crippen molar-refractivity contribution in [2.24, 2.45) is 4.99 Å². The molecule has 5 heterocycles. The van der Waals surface area contributed by atoms with Gasteiger partial charge >= 0.3 is 11.9 Å². The van der Waals surface area contributed by atoms with Crippen LogP contribution in [-0.2, 0) is 33.8 Å². The molecule has 5 atom stereocenters. The number of aliphatic imine (C=N–C) groups is 1. The number of aliphatic carboxylic acids is 1. The number of thioether (sulfide) groups is 1. The van der Waals surface area contributed by atoms with Crippen LogP contribution in [0.3, 0.4) is 0 Å². The Labute approximate surface area is 300 Å².